The van der Waals surface area contributed by atoms with Gasteiger partial charge in [-0.1, -0.05) is 49.2 Å². The molecule has 0 fully saturated rings. The Morgan fingerprint density at radius 3 is 2.74 bits per heavy atom. The Balaban J connectivity index is 2.30. The van der Waals surface area contributed by atoms with E-state index in [4.69, 9.17) is 0 Å². The lowest BCUT2D eigenvalue weighted by Gasteiger charge is -2.08. The highest BCUT2D eigenvalue weighted by molar-refractivity contribution is 5.74. The van der Waals surface area contributed by atoms with Crippen molar-refractivity contribution in [2.75, 3.05) is 6.54 Å². The standard InChI is InChI=1S/C16H24N2O/c1-12(2)14(4)11-18-16(19)17-9-8-15-7-5-6-13(3)10-15/h5-7,10-12H,8-9H2,1-4H3,(H2,17,18,19)/b14-11+. The number of nitrogens with one attached hydrogen (secondary N) is 2. The first-order valence-corrected chi connectivity index (χ1v) is 6.75. The third-order valence-corrected chi connectivity index (χ3v) is 3.12. The monoisotopic (exact) mass is 260 g/mol. The Labute approximate surface area is 116 Å². The summed E-state index contributed by atoms with van der Waals surface area (Å²) in [6.07, 6.45) is 2.62. The second-order valence-electron chi connectivity index (χ2n) is 5.18. The van der Waals surface area contributed by atoms with Crippen LogP contribution in [-0.2, 0) is 6.42 Å². The number of benzene rings is 1. The Bertz CT molecular complexity index is 450. The average molecular weight is 260 g/mol. The fourth-order valence-corrected chi connectivity index (χ4v) is 1.59. The molecule has 1 aromatic rings. The molecule has 0 saturated carbocycles. The van der Waals surface area contributed by atoms with Crippen LogP contribution in [0, 0.1) is 12.8 Å². The highest BCUT2D eigenvalue weighted by Crippen LogP contribution is 2.05. The lowest BCUT2D eigenvalue weighted by molar-refractivity contribution is 0.244. The smallest absolute Gasteiger partial charge is 0.318 e. The number of rotatable bonds is 5. The van der Waals surface area contributed by atoms with E-state index >= 15 is 0 Å². The van der Waals surface area contributed by atoms with E-state index in [-0.39, 0.29) is 6.03 Å². The molecule has 0 atom stereocenters. The predicted molar refractivity (Wildman–Crippen MR) is 80.0 cm³/mol. The second kappa shape index (κ2) is 7.62. The number of aryl methyl sites for hydroxylation is 1. The van der Waals surface area contributed by atoms with Crippen molar-refractivity contribution in [3.8, 4) is 0 Å². The van der Waals surface area contributed by atoms with E-state index in [9.17, 15) is 4.79 Å². The number of carbonyl (C=O) groups is 1. The highest BCUT2D eigenvalue weighted by atomic mass is 16.2. The maximum Gasteiger partial charge on any atom is 0.318 e. The fraction of sp³-hybridized carbons (Fsp3) is 0.438. The van der Waals surface area contributed by atoms with E-state index in [0.717, 1.165) is 12.0 Å². The average Bonchev–Trinajstić information content (AvgIpc) is 2.36. The predicted octanol–water partition coefficient (Wildman–Crippen LogP) is 3.40. The van der Waals surface area contributed by atoms with Crippen LogP contribution in [0.2, 0.25) is 0 Å². The molecule has 3 nitrogen and oxygen atoms in total. The quantitative estimate of drug-likeness (QED) is 0.837. The molecule has 3 heteroatoms. The van der Waals surface area contributed by atoms with Gasteiger partial charge in [0.1, 0.15) is 0 Å². The summed E-state index contributed by atoms with van der Waals surface area (Å²) in [5.74, 6) is 0.451. The van der Waals surface area contributed by atoms with Gasteiger partial charge >= 0.3 is 6.03 Å². The molecule has 2 N–H and O–H groups in total. The topological polar surface area (TPSA) is 41.1 Å². The maximum absolute atomic E-state index is 11.6. The lowest BCUT2D eigenvalue weighted by atomic mass is 10.1. The second-order valence-corrected chi connectivity index (χ2v) is 5.18. The first-order chi connectivity index (χ1) is 8.99. The number of hydrogen-bond donors (Lipinski definition) is 2. The van der Waals surface area contributed by atoms with Gasteiger partial charge in [0.25, 0.3) is 0 Å². The summed E-state index contributed by atoms with van der Waals surface area (Å²) < 4.78 is 0. The Morgan fingerprint density at radius 2 is 2.11 bits per heavy atom. The summed E-state index contributed by atoms with van der Waals surface area (Å²) in [6, 6.07) is 8.19. The normalized spacial score (nSPS) is 11.5. The highest BCUT2D eigenvalue weighted by Gasteiger charge is 2.00. The molecule has 104 valence electrons. The van der Waals surface area contributed by atoms with Crippen LogP contribution in [0.1, 0.15) is 31.9 Å². The van der Waals surface area contributed by atoms with Crippen molar-refractivity contribution in [2.24, 2.45) is 5.92 Å². The van der Waals surface area contributed by atoms with Crippen molar-refractivity contribution >= 4 is 6.03 Å². The van der Waals surface area contributed by atoms with Gasteiger partial charge in [-0.2, -0.15) is 0 Å². The van der Waals surface area contributed by atoms with Crippen molar-refractivity contribution in [3.63, 3.8) is 0 Å². The molecule has 0 heterocycles. The van der Waals surface area contributed by atoms with Crippen molar-refractivity contribution in [2.45, 2.75) is 34.1 Å². The zero-order valence-electron chi connectivity index (χ0n) is 12.3. The van der Waals surface area contributed by atoms with Gasteiger partial charge in [0.2, 0.25) is 0 Å². The SMILES string of the molecule is C/C(=C\NC(=O)NCCc1cccc(C)c1)C(C)C. The van der Waals surface area contributed by atoms with Crippen LogP contribution in [0.5, 0.6) is 0 Å². The van der Waals surface area contributed by atoms with E-state index in [0.29, 0.717) is 12.5 Å². The first kappa shape index (κ1) is 15.3. The molecule has 0 spiro atoms. The lowest BCUT2D eigenvalue weighted by Crippen LogP contribution is -2.33. The number of hydrogen-bond acceptors (Lipinski definition) is 1. The molecular weight excluding hydrogens is 236 g/mol. The molecule has 0 saturated heterocycles. The number of allylic oxidation sites excluding steroid dienone is 1. The minimum absolute atomic E-state index is 0.146. The zero-order valence-corrected chi connectivity index (χ0v) is 12.3. The van der Waals surface area contributed by atoms with E-state index in [2.05, 4.69) is 49.6 Å². The summed E-state index contributed by atoms with van der Waals surface area (Å²) in [5, 5.41) is 5.60. The fourth-order valence-electron chi connectivity index (χ4n) is 1.59. The summed E-state index contributed by atoms with van der Waals surface area (Å²) in [4.78, 5) is 11.6. The summed E-state index contributed by atoms with van der Waals surface area (Å²) in [6.45, 7) is 8.93. The number of amides is 2. The third-order valence-electron chi connectivity index (χ3n) is 3.12. The van der Waals surface area contributed by atoms with E-state index in [1.807, 2.05) is 13.0 Å². The van der Waals surface area contributed by atoms with E-state index in [1.54, 1.807) is 6.20 Å². The Kier molecular flexibility index (Phi) is 6.13. The number of carbonyl (C=O) groups excluding carboxylic acids is 1. The van der Waals surface area contributed by atoms with Crippen molar-refractivity contribution in [3.05, 3.63) is 47.2 Å². The molecule has 0 aromatic heterocycles. The summed E-state index contributed by atoms with van der Waals surface area (Å²) in [7, 11) is 0. The molecule has 19 heavy (non-hydrogen) atoms. The summed E-state index contributed by atoms with van der Waals surface area (Å²) in [5.41, 5.74) is 3.65. The maximum atomic E-state index is 11.6. The Morgan fingerprint density at radius 1 is 1.37 bits per heavy atom. The van der Waals surface area contributed by atoms with Crippen LogP contribution in [0.25, 0.3) is 0 Å². The van der Waals surface area contributed by atoms with Crippen LogP contribution >= 0.6 is 0 Å². The van der Waals surface area contributed by atoms with Gasteiger partial charge in [-0.25, -0.2) is 4.79 Å². The molecule has 2 amide bonds. The number of urea groups is 1. The largest absolute Gasteiger partial charge is 0.338 e. The van der Waals surface area contributed by atoms with Gasteiger partial charge in [0.05, 0.1) is 0 Å². The van der Waals surface area contributed by atoms with Gasteiger partial charge in [-0.15, -0.1) is 0 Å². The van der Waals surface area contributed by atoms with Crippen molar-refractivity contribution in [1.82, 2.24) is 10.6 Å². The molecule has 0 aliphatic heterocycles. The van der Waals surface area contributed by atoms with Gasteiger partial charge < -0.3 is 10.6 Å². The zero-order chi connectivity index (χ0) is 14.3. The van der Waals surface area contributed by atoms with E-state index < -0.39 is 0 Å². The molecule has 1 aromatic carbocycles. The van der Waals surface area contributed by atoms with Gasteiger partial charge in [0, 0.05) is 12.7 Å². The van der Waals surface area contributed by atoms with E-state index in [1.165, 1.54) is 11.1 Å². The molecule has 0 aliphatic rings. The van der Waals surface area contributed by atoms with Crippen LogP contribution in [-0.4, -0.2) is 12.6 Å². The van der Waals surface area contributed by atoms with Crippen LogP contribution in [0.4, 0.5) is 4.79 Å². The minimum Gasteiger partial charge on any atom is -0.338 e. The van der Waals surface area contributed by atoms with Crippen LogP contribution in [0.3, 0.4) is 0 Å². The first-order valence-electron chi connectivity index (χ1n) is 6.75. The molecule has 1 rings (SSSR count). The molecule has 0 aliphatic carbocycles. The molecule has 0 unspecified atom stereocenters. The minimum atomic E-state index is -0.146. The van der Waals surface area contributed by atoms with Crippen molar-refractivity contribution in [1.29, 1.82) is 0 Å². The summed E-state index contributed by atoms with van der Waals surface area (Å²) >= 11 is 0. The van der Waals surface area contributed by atoms with Crippen molar-refractivity contribution < 1.29 is 4.79 Å². The van der Waals surface area contributed by atoms with Gasteiger partial charge in [-0.3, -0.25) is 0 Å². The Hall–Kier alpha value is -1.77. The molecule has 0 radical (unpaired) electrons. The van der Waals surface area contributed by atoms with Gasteiger partial charge in [-0.05, 0) is 31.7 Å². The van der Waals surface area contributed by atoms with Crippen LogP contribution < -0.4 is 10.6 Å². The molecular formula is C16H24N2O. The van der Waals surface area contributed by atoms with Crippen LogP contribution in [0.15, 0.2) is 36.0 Å². The third kappa shape index (κ3) is 6.09. The molecule has 0 bridgehead atoms. The van der Waals surface area contributed by atoms with Gasteiger partial charge in [0.15, 0.2) is 0 Å².